The highest BCUT2D eigenvalue weighted by Gasteiger charge is 2.15. The van der Waals surface area contributed by atoms with Crippen molar-refractivity contribution in [1.29, 1.82) is 0 Å². The minimum atomic E-state index is -0.00171. The summed E-state index contributed by atoms with van der Waals surface area (Å²) in [7, 11) is 0. The van der Waals surface area contributed by atoms with Crippen LogP contribution in [0.3, 0.4) is 0 Å². The lowest BCUT2D eigenvalue weighted by atomic mass is 9.97. The summed E-state index contributed by atoms with van der Waals surface area (Å²) in [4.78, 5) is 15.1. The summed E-state index contributed by atoms with van der Waals surface area (Å²) in [6.45, 7) is 7.02. The largest absolute Gasteiger partial charge is 0.364 e. The Kier molecular flexibility index (Phi) is 6.98. The summed E-state index contributed by atoms with van der Waals surface area (Å²) in [6.07, 6.45) is 5.56. The molecule has 3 aromatic heterocycles. The van der Waals surface area contributed by atoms with E-state index in [0.717, 1.165) is 49.6 Å². The van der Waals surface area contributed by atoms with Crippen LogP contribution >= 0.6 is 11.9 Å². The van der Waals surface area contributed by atoms with Crippen LogP contribution in [-0.2, 0) is 6.54 Å². The summed E-state index contributed by atoms with van der Waals surface area (Å²) < 4.78 is 3.46. The molecule has 0 fully saturated rings. The van der Waals surface area contributed by atoms with Gasteiger partial charge in [0.05, 0.1) is 17.9 Å². The van der Waals surface area contributed by atoms with Crippen molar-refractivity contribution < 1.29 is 0 Å². The molecule has 2 N–H and O–H groups in total. The van der Waals surface area contributed by atoms with Crippen LogP contribution in [0.15, 0.2) is 102 Å². The van der Waals surface area contributed by atoms with Gasteiger partial charge >= 0.3 is 0 Å². The minimum absolute atomic E-state index is 0.00171. The number of benzene rings is 2. The molecule has 5 rings (SSSR count). The van der Waals surface area contributed by atoms with Gasteiger partial charge in [-0.3, -0.25) is 14.7 Å². The highest BCUT2D eigenvalue weighted by atomic mass is 32.2. The highest BCUT2D eigenvalue weighted by Crippen LogP contribution is 2.36. The van der Waals surface area contributed by atoms with Gasteiger partial charge in [0, 0.05) is 40.0 Å². The van der Waals surface area contributed by atoms with E-state index in [1.54, 1.807) is 11.9 Å². The fourth-order valence-electron chi connectivity index (χ4n) is 3.95. The van der Waals surface area contributed by atoms with E-state index in [9.17, 15) is 0 Å². The van der Waals surface area contributed by atoms with Crippen molar-refractivity contribution in [3.05, 3.63) is 103 Å². The maximum atomic E-state index is 5.11. The van der Waals surface area contributed by atoms with Gasteiger partial charge in [-0.05, 0) is 73.5 Å². The normalized spacial score (nSPS) is 11.5. The van der Waals surface area contributed by atoms with Crippen molar-refractivity contribution in [2.45, 2.75) is 37.8 Å². The zero-order valence-electron chi connectivity index (χ0n) is 20.7. The number of pyridine rings is 3. The summed E-state index contributed by atoms with van der Waals surface area (Å²) >= 11 is 1.59. The standard InChI is InChI=1S/C30H29N5S/c1-30(2,3)35-36-25-16-23(18-31-20-25)27-17-22-12-9-14-26(21-10-5-4-6-11-21)28(22)29(34-27)33-19-24-13-7-8-15-32-24/h4-18,20,35H,19H2,1-3H3,(H,33,34). The zero-order valence-corrected chi connectivity index (χ0v) is 21.5. The molecule has 0 radical (unpaired) electrons. The molecule has 5 nitrogen and oxygen atoms in total. The van der Waals surface area contributed by atoms with Crippen LogP contribution in [0.1, 0.15) is 26.5 Å². The number of nitrogens with one attached hydrogen (secondary N) is 2. The lowest BCUT2D eigenvalue weighted by molar-refractivity contribution is 0.535. The van der Waals surface area contributed by atoms with E-state index in [4.69, 9.17) is 4.98 Å². The minimum Gasteiger partial charge on any atom is -0.364 e. The quantitative estimate of drug-likeness (QED) is 0.232. The molecule has 0 bridgehead atoms. The van der Waals surface area contributed by atoms with Crippen LogP contribution in [-0.4, -0.2) is 20.5 Å². The first-order valence-corrected chi connectivity index (χ1v) is 12.8. The van der Waals surface area contributed by atoms with Crippen LogP contribution < -0.4 is 10.0 Å². The zero-order chi connectivity index (χ0) is 25.0. The number of aromatic nitrogens is 3. The molecule has 0 unspecified atom stereocenters. The molecule has 0 aliphatic rings. The van der Waals surface area contributed by atoms with Crippen LogP contribution in [0.2, 0.25) is 0 Å². The van der Waals surface area contributed by atoms with Crippen LogP contribution in [0.25, 0.3) is 33.2 Å². The number of nitrogens with zero attached hydrogens (tertiary/aromatic N) is 3. The second-order valence-corrected chi connectivity index (χ2v) is 10.5. The third-order valence-electron chi connectivity index (χ3n) is 5.59. The third kappa shape index (κ3) is 5.73. The molecule has 0 aliphatic carbocycles. The average Bonchev–Trinajstić information content (AvgIpc) is 2.91. The molecule has 0 atom stereocenters. The van der Waals surface area contributed by atoms with Gasteiger partial charge in [0.2, 0.25) is 0 Å². The van der Waals surface area contributed by atoms with Crippen molar-refractivity contribution in [2.24, 2.45) is 0 Å². The SMILES string of the molecule is CC(C)(C)NSc1cncc(-c2cc3cccc(-c4ccccc4)c3c(NCc3ccccn3)n2)c1. The number of anilines is 1. The number of fused-ring (bicyclic) bond motifs is 1. The second-order valence-electron chi connectivity index (χ2n) is 9.66. The van der Waals surface area contributed by atoms with Crippen LogP contribution in [0.5, 0.6) is 0 Å². The van der Waals surface area contributed by atoms with E-state index in [0.29, 0.717) is 6.54 Å². The van der Waals surface area contributed by atoms with E-state index in [-0.39, 0.29) is 5.54 Å². The Balaban J connectivity index is 1.59. The van der Waals surface area contributed by atoms with Gasteiger partial charge in [0.25, 0.3) is 0 Å². The number of hydrogen-bond donors (Lipinski definition) is 2. The highest BCUT2D eigenvalue weighted by molar-refractivity contribution is 7.97. The Morgan fingerprint density at radius 3 is 2.44 bits per heavy atom. The van der Waals surface area contributed by atoms with Gasteiger partial charge < -0.3 is 5.32 Å². The van der Waals surface area contributed by atoms with Crippen molar-refractivity contribution >= 4 is 28.5 Å². The fraction of sp³-hybridized carbons (Fsp3) is 0.167. The first kappa shape index (κ1) is 24.0. The Morgan fingerprint density at radius 2 is 1.67 bits per heavy atom. The Morgan fingerprint density at radius 1 is 0.833 bits per heavy atom. The Hall–Kier alpha value is -3.74. The van der Waals surface area contributed by atoms with Gasteiger partial charge in [0.15, 0.2) is 0 Å². The Bertz CT molecular complexity index is 1460. The van der Waals surface area contributed by atoms with E-state index in [2.05, 4.69) is 95.4 Å². The molecule has 6 heteroatoms. The smallest absolute Gasteiger partial charge is 0.135 e. The summed E-state index contributed by atoms with van der Waals surface area (Å²) in [5, 5.41) is 5.79. The first-order valence-electron chi connectivity index (χ1n) is 12.0. The van der Waals surface area contributed by atoms with Gasteiger partial charge in [0.1, 0.15) is 5.82 Å². The molecule has 0 aliphatic heterocycles. The lowest BCUT2D eigenvalue weighted by Gasteiger charge is -2.19. The molecule has 180 valence electrons. The molecule has 5 aromatic rings. The molecule has 2 aromatic carbocycles. The fourth-order valence-corrected chi connectivity index (χ4v) is 4.67. The van der Waals surface area contributed by atoms with Crippen molar-refractivity contribution in [2.75, 3.05) is 5.32 Å². The van der Waals surface area contributed by atoms with E-state index in [1.807, 2.05) is 42.9 Å². The third-order valence-corrected chi connectivity index (χ3v) is 6.76. The molecule has 36 heavy (non-hydrogen) atoms. The molecule has 0 spiro atoms. The summed E-state index contributed by atoms with van der Waals surface area (Å²) in [5.41, 5.74) is 5.12. The molecule has 0 amide bonds. The predicted molar refractivity (Wildman–Crippen MR) is 151 cm³/mol. The second kappa shape index (κ2) is 10.5. The van der Waals surface area contributed by atoms with E-state index in [1.165, 1.54) is 0 Å². The maximum Gasteiger partial charge on any atom is 0.135 e. The van der Waals surface area contributed by atoms with E-state index >= 15 is 0 Å². The predicted octanol–water partition coefficient (Wildman–Crippen LogP) is 7.37. The molecular weight excluding hydrogens is 462 g/mol. The molecule has 0 saturated heterocycles. The molecular formula is C30H29N5S. The van der Waals surface area contributed by atoms with Crippen LogP contribution in [0, 0.1) is 0 Å². The summed E-state index contributed by atoms with van der Waals surface area (Å²) in [5.74, 6) is 0.832. The monoisotopic (exact) mass is 491 g/mol. The van der Waals surface area contributed by atoms with Crippen molar-refractivity contribution in [1.82, 2.24) is 19.7 Å². The average molecular weight is 492 g/mol. The molecule has 0 saturated carbocycles. The Labute approximate surface area is 216 Å². The van der Waals surface area contributed by atoms with Gasteiger partial charge in [-0.1, -0.05) is 54.6 Å². The topological polar surface area (TPSA) is 62.7 Å². The number of rotatable bonds is 7. The van der Waals surface area contributed by atoms with Gasteiger partial charge in [-0.2, -0.15) is 0 Å². The van der Waals surface area contributed by atoms with Gasteiger partial charge in [-0.15, -0.1) is 0 Å². The van der Waals surface area contributed by atoms with Crippen molar-refractivity contribution in [3.8, 4) is 22.4 Å². The summed E-state index contributed by atoms with van der Waals surface area (Å²) in [6, 6.07) is 27.1. The van der Waals surface area contributed by atoms with E-state index < -0.39 is 0 Å². The van der Waals surface area contributed by atoms with Crippen LogP contribution in [0.4, 0.5) is 5.82 Å². The lowest BCUT2D eigenvalue weighted by Crippen LogP contribution is -2.29. The number of hydrogen-bond acceptors (Lipinski definition) is 6. The van der Waals surface area contributed by atoms with Crippen molar-refractivity contribution in [3.63, 3.8) is 0 Å². The maximum absolute atomic E-state index is 5.11. The first-order chi connectivity index (χ1) is 17.5. The van der Waals surface area contributed by atoms with Gasteiger partial charge in [-0.25, -0.2) is 4.98 Å². The molecule has 3 heterocycles.